The van der Waals surface area contributed by atoms with Gasteiger partial charge in [-0.1, -0.05) is 12.8 Å². The molecular formula is C17H22F3N5O3S. The number of alkyl halides is 2. The summed E-state index contributed by atoms with van der Waals surface area (Å²) in [6.45, 7) is -0.604. The van der Waals surface area contributed by atoms with Crippen molar-refractivity contribution in [3.05, 3.63) is 23.8 Å². The Morgan fingerprint density at radius 2 is 1.97 bits per heavy atom. The van der Waals surface area contributed by atoms with Crippen molar-refractivity contribution in [1.29, 1.82) is 0 Å². The van der Waals surface area contributed by atoms with E-state index in [9.17, 15) is 26.7 Å². The third-order valence-corrected chi connectivity index (χ3v) is 7.22. The number of fused-ring (bicyclic) bond motifs is 1. The molecule has 0 bridgehead atoms. The van der Waals surface area contributed by atoms with Gasteiger partial charge >= 0.3 is 5.76 Å². The van der Waals surface area contributed by atoms with Crippen LogP contribution in [0.5, 0.6) is 0 Å². The molecule has 3 heterocycles. The number of halogens is 3. The largest absolute Gasteiger partial charge is 0.390 e. The van der Waals surface area contributed by atoms with Crippen LogP contribution < -0.4 is 5.32 Å². The minimum Gasteiger partial charge on any atom is -0.390 e. The van der Waals surface area contributed by atoms with Crippen LogP contribution in [0.15, 0.2) is 12.3 Å². The van der Waals surface area contributed by atoms with Gasteiger partial charge in [0.05, 0.1) is 18.3 Å². The molecule has 1 aliphatic carbocycles. The first-order valence-corrected chi connectivity index (χ1v) is 11.0. The number of hydrogen-bond donors (Lipinski definition) is 2. The average molecular weight is 433 g/mol. The van der Waals surface area contributed by atoms with E-state index in [0.717, 1.165) is 31.4 Å². The van der Waals surface area contributed by atoms with Gasteiger partial charge in [-0.15, -0.1) is 5.10 Å². The van der Waals surface area contributed by atoms with Crippen LogP contribution >= 0.6 is 0 Å². The monoisotopic (exact) mass is 433 g/mol. The maximum absolute atomic E-state index is 14.2. The van der Waals surface area contributed by atoms with Crippen molar-refractivity contribution in [2.75, 3.05) is 18.4 Å². The number of sulfonamides is 1. The summed E-state index contributed by atoms with van der Waals surface area (Å²) in [5.74, 6) is -3.55. The van der Waals surface area contributed by atoms with E-state index in [-0.39, 0.29) is 30.3 Å². The first-order valence-electron chi connectivity index (χ1n) is 9.53. The number of β-amino-alcohol motifs (C(OH)–C–C–N with tert-alkyl or cyclic N) is 1. The van der Waals surface area contributed by atoms with E-state index in [2.05, 4.69) is 15.4 Å². The number of aliphatic hydroxyl groups excluding tert-OH is 1. The lowest BCUT2D eigenvalue weighted by Gasteiger charge is -2.35. The van der Waals surface area contributed by atoms with Crippen LogP contribution in [-0.2, 0) is 10.0 Å². The summed E-state index contributed by atoms with van der Waals surface area (Å²) in [5.41, 5.74) is 1.04. The van der Waals surface area contributed by atoms with Gasteiger partial charge in [0, 0.05) is 24.7 Å². The molecule has 2 atom stereocenters. The van der Waals surface area contributed by atoms with Crippen LogP contribution in [-0.4, -0.2) is 63.4 Å². The number of rotatable bonds is 5. The molecule has 2 aliphatic rings. The molecule has 8 nitrogen and oxygen atoms in total. The highest BCUT2D eigenvalue weighted by Crippen LogP contribution is 2.35. The number of anilines is 1. The Balaban J connectivity index is 1.52. The van der Waals surface area contributed by atoms with Gasteiger partial charge in [0.2, 0.25) is 5.95 Å². The molecule has 1 saturated carbocycles. The SMILES string of the molecule is O=S(=O)(C(F)F)N1CC[C@@H](Nc2ncc3c(F)cc(C4CCCC4)n3n2)[C@H](O)C1. The maximum Gasteiger partial charge on any atom is 0.350 e. The van der Waals surface area contributed by atoms with Gasteiger partial charge in [0.25, 0.3) is 10.0 Å². The number of nitrogens with zero attached hydrogens (tertiary/aromatic N) is 4. The van der Waals surface area contributed by atoms with Gasteiger partial charge in [-0.25, -0.2) is 22.3 Å². The number of piperidine rings is 1. The molecule has 0 radical (unpaired) electrons. The lowest BCUT2D eigenvalue weighted by Crippen LogP contribution is -2.52. The number of aromatic nitrogens is 3. The predicted molar refractivity (Wildman–Crippen MR) is 98.7 cm³/mol. The van der Waals surface area contributed by atoms with Crippen LogP contribution in [0.1, 0.15) is 43.7 Å². The summed E-state index contributed by atoms with van der Waals surface area (Å²) in [7, 11) is -4.74. The lowest BCUT2D eigenvalue weighted by molar-refractivity contribution is 0.0904. The van der Waals surface area contributed by atoms with E-state index in [1.165, 1.54) is 16.8 Å². The topological polar surface area (TPSA) is 99.8 Å². The molecule has 29 heavy (non-hydrogen) atoms. The number of aliphatic hydroxyl groups is 1. The smallest absolute Gasteiger partial charge is 0.350 e. The predicted octanol–water partition coefficient (Wildman–Crippen LogP) is 1.93. The standard InChI is InChI=1S/C17H22F3N5O3S/c18-11-7-13(10-3-1-2-4-10)25-14(11)8-21-17(23-25)22-12-5-6-24(9-15(12)26)29(27,28)16(19)20/h7-8,10,12,15-16,26H,1-6,9H2,(H,22,23)/t12-,15-/m1/s1. The van der Waals surface area contributed by atoms with Crippen molar-refractivity contribution < 1.29 is 26.7 Å². The zero-order chi connectivity index (χ0) is 20.8. The number of nitrogens with one attached hydrogen (secondary N) is 1. The van der Waals surface area contributed by atoms with Crippen molar-refractivity contribution in [1.82, 2.24) is 18.9 Å². The van der Waals surface area contributed by atoms with E-state index >= 15 is 0 Å². The van der Waals surface area contributed by atoms with E-state index in [0.29, 0.717) is 4.31 Å². The summed E-state index contributed by atoms with van der Waals surface area (Å²) in [5, 5.41) is 17.5. The van der Waals surface area contributed by atoms with Gasteiger partial charge < -0.3 is 10.4 Å². The van der Waals surface area contributed by atoms with Crippen LogP contribution in [0.25, 0.3) is 5.52 Å². The van der Waals surface area contributed by atoms with Gasteiger partial charge in [-0.3, -0.25) is 0 Å². The minimum atomic E-state index is -4.74. The van der Waals surface area contributed by atoms with Gasteiger partial charge in [-0.05, 0) is 25.3 Å². The Morgan fingerprint density at radius 1 is 1.24 bits per heavy atom. The highest BCUT2D eigenvalue weighted by Gasteiger charge is 2.38. The van der Waals surface area contributed by atoms with Crippen LogP contribution in [0.3, 0.4) is 0 Å². The summed E-state index contributed by atoms with van der Waals surface area (Å²) < 4.78 is 64.9. The van der Waals surface area contributed by atoms with Crippen LogP contribution in [0, 0.1) is 5.82 Å². The summed E-state index contributed by atoms with van der Waals surface area (Å²) in [6, 6.07) is 0.860. The zero-order valence-corrected chi connectivity index (χ0v) is 16.3. The minimum absolute atomic E-state index is 0.101. The fraction of sp³-hybridized carbons (Fsp3) is 0.647. The first-order chi connectivity index (χ1) is 13.8. The number of hydrogen-bond acceptors (Lipinski definition) is 6. The molecule has 0 spiro atoms. The molecule has 2 aromatic heterocycles. The third-order valence-electron chi connectivity index (χ3n) is 5.71. The van der Waals surface area contributed by atoms with Crippen molar-refractivity contribution in [2.45, 2.75) is 55.9 Å². The molecule has 0 amide bonds. The lowest BCUT2D eigenvalue weighted by atomic mass is 10.0. The highest BCUT2D eigenvalue weighted by atomic mass is 32.2. The van der Waals surface area contributed by atoms with Gasteiger partial charge in [0.1, 0.15) is 5.52 Å². The molecule has 160 valence electrons. The molecule has 2 aromatic rings. The molecule has 0 unspecified atom stereocenters. The van der Waals surface area contributed by atoms with Crippen LogP contribution in [0.2, 0.25) is 0 Å². The Labute approximate surface area is 165 Å². The van der Waals surface area contributed by atoms with E-state index in [4.69, 9.17) is 0 Å². The molecule has 2 N–H and O–H groups in total. The molecular weight excluding hydrogens is 411 g/mol. The second kappa shape index (κ2) is 7.73. The molecule has 1 saturated heterocycles. The van der Waals surface area contributed by atoms with E-state index in [1.807, 2.05) is 0 Å². The summed E-state index contributed by atoms with van der Waals surface area (Å²) in [6.07, 6.45) is 4.34. The molecule has 0 aromatic carbocycles. The second-order valence-electron chi connectivity index (χ2n) is 7.55. The Hall–Kier alpha value is -1.92. The second-order valence-corrected chi connectivity index (χ2v) is 9.45. The summed E-state index contributed by atoms with van der Waals surface area (Å²) >= 11 is 0. The normalized spacial score (nSPS) is 24.6. The highest BCUT2D eigenvalue weighted by molar-refractivity contribution is 7.89. The fourth-order valence-corrected chi connectivity index (χ4v) is 5.08. The first kappa shape index (κ1) is 20.4. The third kappa shape index (κ3) is 3.80. The maximum atomic E-state index is 14.2. The zero-order valence-electron chi connectivity index (χ0n) is 15.5. The Kier molecular flexibility index (Phi) is 5.42. The summed E-state index contributed by atoms with van der Waals surface area (Å²) in [4.78, 5) is 4.09. The van der Waals surface area contributed by atoms with Crippen molar-refractivity contribution >= 4 is 21.5 Å². The van der Waals surface area contributed by atoms with Crippen molar-refractivity contribution in [2.24, 2.45) is 0 Å². The van der Waals surface area contributed by atoms with Crippen LogP contribution in [0.4, 0.5) is 19.1 Å². The fourth-order valence-electron chi connectivity index (χ4n) is 4.14. The molecule has 4 rings (SSSR count). The van der Waals surface area contributed by atoms with Crippen molar-refractivity contribution in [3.8, 4) is 0 Å². The van der Waals surface area contributed by atoms with Crippen molar-refractivity contribution in [3.63, 3.8) is 0 Å². The quantitative estimate of drug-likeness (QED) is 0.748. The molecule has 2 fully saturated rings. The average Bonchev–Trinajstić information content (AvgIpc) is 3.31. The Morgan fingerprint density at radius 3 is 2.62 bits per heavy atom. The van der Waals surface area contributed by atoms with Gasteiger partial charge in [-0.2, -0.15) is 13.1 Å². The molecule has 12 heteroatoms. The molecule has 1 aliphatic heterocycles. The van der Waals surface area contributed by atoms with E-state index in [1.54, 1.807) is 0 Å². The Bertz CT molecular complexity index is 994. The van der Waals surface area contributed by atoms with Gasteiger partial charge in [0.15, 0.2) is 5.82 Å². The van der Waals surface area contributed by atoms with E-state index < -0.39 is 40.3 Å².